The third-order valence-electron chi connectivity index (χ3n) is 4.70. The van der Waals surface area contributed by atoms with E-state index < -0.39 is 10.8 Å². The summed E-state index contributed by atoms with van der Waals surface area (Å²) in [4.78, 5) is 18.4. The summed E-state index contributed by atoms with van der Waals surface area (Å²) in [7, 11) is -1.22. The highest BCUT2D eigenvalue weighted by molar-refractivity contribution is 7.85. The van der Waals surface area contributed by atoms with E-state index in [1.807, 2.05) is 24.3 Å². The maximum absolute atomic E-state index is 12.0. The fraction of sp³-hybridized carbons (Fsp3) is 0.455. The molecule has 2 unspecified atom stereocenters. The monoisotopic (exact) mass is 479 g/mol. The van der Waals surface area contributed by atoms with Crippen LogP contribution in [-0.2, 0) is 33.3 Å². The van der Waals surface area contributed by atoms with Crippen molar-refractivity contribution in [3.63, 3.8) is 0 Å². The lowest BCUT2D eigenvalue weighted by Gasteiger charge is -2.30. The molecule has 2 atom stereocenters. The van der Waals surface area contributed by atoms with Crippen LogP contribution in [0.2, 0.25) is 0 Å². The first-order chi connectivity index (χ1) is 15.6. The number of amides is 1. The van der Waals surface area contributed by atoms with E-state index in [9.17, 15) is 9.00 Å². The van der Waals surface area contributed by atoms with Crippen molar-refractivity contribution in [2.75, 3.05) is 44.4 Å². The van der Waals surface area contributed by atoms with Crippen LogP contribution in [0.4, 0.5) is 0 Å². The molecule has 174 valence electrons. The van der Waals surface area contributed by atoms with E-state index in [1.165, 1.54) is 0 Å². The fourth-order valence-corrected chi connectivity index (χ4v) is 4.41. The number of rotatable bonds is 12. The molecule has 0 aliphatic carbocycles. The van der Waals surface area contributed by atoms with Gasteiger partial charge in [-0.05, 0) is 29.8 Å². The molecule has 2 aromatic rings. The Morgan fingerprint density at radius 3 is 3.12 bits per heavy atom. The van der Waals surface area contributed by atoms with Crippen LogP contribution in [0.15, 0.2) is 53.3 Å². The minimum Gasteiger partial charge on any atom is -0.473 e. The number of nitrogens with one attached hydrogen (secondary N) is 1. The highest BCUT2D eigenvalue weighted by atomic mass is 32.2. The van der Waals surface area contributed by atoms with Gasteiger partial charge in [0.1, 0.15) is 23.6 Å². The minimum absolute atomic E-state index is 0.0150. The lowest BCUT2D eigenvalue weighted by atomic mass is 10.2. The summed E-state index contributed by atoms with van der Waals surface area (Å²) in [6.07, 6.45) is 7.49. The molecule has 3 rings (SSSR count). The van der Waals surface area contributed by atoms with Gasteiger partial charge in [-0.15, -0.1) is 12.6 Å². The third-order valence-corrected chi connectivity index (χ3v) is 6.25. The largest absolute Gasteiger partial charge is 0.473 e. The number of hydrogen-bond acceptors (Lipinski definition) is 8. The Hall–Kier alpha value is -2.14. The number of thiol groups is 1. The quantitative estimate of drug-likeness (QED) is 0.354. The Labute approximate surface area is 196 Å². The average Bonchev–Trinajstić information content (AvgIpc) is 3.29. The Bertz CT molecular complexity index is 891. The molecule has 0 radical (unpaired) electrons. The van der Waals surface area contributed by atoms with Gasteiger partial charge in [0.15, 0.2) is 0 Å². The van der Waals surface area contributed by atoms with Crippen molar-refractivity contribution in [2.45, 2.75) is 18.4 Å². The second-order valence-electron chi connectivity index (χ2n) is 7.27. The molecule has 1 aliphatic rings. The summed E-state index contributed by atoms with van der Waals surface area (Å²) in [5, 5.41) is 2.73. The van der Waals surface area contributed by atoms with Gasteiger partial charge in [-0.3, -0.25) is 13.9 Å². The predicted molar refractivity (Wildman–Crippen MR) is 126 cm³/mol. The highest BCUT2D eigenvalue weighted by Gasteiger charge is 2.17. The van der Waals surface area contributed by atoms with E-state index in [0.29, 0.717) is 37.8 Å². The van der Waals surface area contributed by atoms with Gasteiger partial charge in [0.05, 0.1) is 12.9 Å². The fourth-order valence-electron chi connectivity index (χ4n) is 3.11. The van der Waals surface area contributed by atoms with Gasteiger partial charge in [0.2, 0.25) is 11.8 Å². The molecule has 3 heterocycles. The Balaban J connectivity index is 1.29. The lowest BCUT2D eigenvalue weighted by molar-refractivity contribution is -0.118. The Morgan fingerprint density at radius 2 is 2.31 bits per heavy atom. The molecule has 1 amide bonds. The van der Waals surface area contributed by atoms with Gasteiger partial charge in [0.25, 0.3) is 0 Å². The molecular weight excluding hydrogens is 450 g/mol. The first kappa shape index (κ1) is 24.5. The molecule has 1 aliphatic heterocycles. The van der Waals surface area contributed by atoms with E-state index in [0.717, 1.165) is 31.0 Å². The zero-order valence-corrected chi connectivity index (χ0v) is 19.6. The first-order valence-electron chi connectivity index (χ1n) is 10.5. The van der Waals surface area contributed by atoms with Crippen molar-refractivity contribution in [2.24, 2.45) is 0 Å². The Kier molecular flexibility index (Phi) is 10.3. The lowest BCUT2D eigenvalue weighted by Crippen LogP contribution is -2.39. The third kappa shape index (κ3) is 9.15. The van der Waals surface area contributed by atoms with Crippen molar-refractivity contribution in [1.82, 2.24) is 15.2 Å². The molecule has 0 spiro atoms. The van der Waals surface area contributed by atoms with Crippen molar-refractivity contribution < 1.29 is 22.9 Å². The van der Waals surface area contributed by atoms with Gasteiger partial charge < -0.3 is 19.2 Å². The van der Waals surface area contributed by atoms with E-state index >= 15 is 0 Å². The SMILES string of the molecule is O=C(CS(=O)CCc1ccco1)NC/C=C/COc1cc(CN2CCOC(S)C2)ccn1. The molecule has 2 aromatic heterocycles. The highest BCUT2D eigenvalue weighted by Crippen LogP contribution is 2.15. The summed E-state index contributed by atoms with van der Waals surface area (Å²) in [6, 6.07) is 7.52. The summed E-state index contributed by atoms with van der Waals surface area (Å²) < 4.78 is 28.3. The second kappa shape index (κ2) is 13.4. The van der Waals surface area contributed by atoms with Crippen LogP contribution < -0.4 is 10.1 Å². The summed E-state index contributed by atoms with van der Waals surface area (Å²) in [5.74, 6) is 1.47. The molecule has 32 heavy (non-hydrogen) atoms. The van der Waals surface area contributed by atoms with Crippen LogP contribution in [0, 0.1) is 0 Å². The minimum atomic E-state index is -1.22. The average molecular weight is 480 g/mol. The van der Waals surface area contributed by atoms with Crippen LogP contribution >= 0.6 is 12.6 Å². The van der Waals surface area contributed by atoms with Crippen molar-refractivity contribution >= 4 is 29.3 Å². The van der Waals surface area contributed by atoms with Gasteiger partial charge in [-0.2, -0.15) is 0 Å². The number of furan rings is 1. The van der Waals surface area contributed by atoms with Crippen LogP contribution in [0.5, 0.6) is 5.88 Å². The molecular formula is C22H29N3O5S2. The zero-order valence-electron chi connectivity index (χ0n) is 17.9. The molecule has 1 N–H and O–H groups in total. The maximum Gasteiger partial charge on any atom is 0.232 e. The molecule has 0 saturated carbocycles. The van der Waals surface area contributed by atoms with Crippen molar-refractivity contribution in [3.05, 3.63) is 60.2 Å². The van der Waals surface area contributed by atoms with E-state index in [2.05, 4.69) is 27.8 Å². The molecule has 1 fully saturated rings. The molecule has 10 heteroatoms. The number of carbonyl (C=O) groups excluding carboxylic acids is 1. The normalized spacial score (nSPS) is 18.0. The molecule has 0 aromatic carbocycles. The summed E-state index contributed by atoms with van der Waals surface area (Å²) >= 11 is 4.38. The zero-order chi connectivity index (χ0) is 22.6. The predicted octanol–water partition coefficient (Wildman–Crippen LogP) is 1.81. The number of ether oxygens (including phenoxy) is 2. The molecule has 8 nitrogen and oxygen atoms in total. The van der Waals surface area contributed by atoms with Gasteiger partial charge in [0, 0.05) is 61.4 Å². The van der Waals surface area contributed by atoms with E-state index in [4.69, 9.17) is 13.9 Å². The number of carbonyl (C=O) groups is 1. The molecule has 1 saturated heterocycles. The topological polar surface area (TPSA) is 93.9 Å². The smallest absolute Gasteiger partial charge is 0.232 e. The Morgan fingerprint density at radius 1 is 1.41 bits per heavy atom. The number of pyridine rings is 1. The van der Waals surface area contributed by atoms with Crippen LogP contribution in [0.25, 0.3) is 0 Å². The van der Waals surface area contributed by atoms with Gasteiger partial charge >= 0.3 is 0 Å². The van der Waals surface area contributed by atoms with Crippen molar-refractivity contribution in [3.8, 4) is 5.88 Å². The summed E-state index contributed by atoms with van der Waals surface area (Å²) in [6.45, 7) is 3.84. The molecule has 0 bridgehead atoms. The summed E-state index contributed by atoms with van der Waals surface area (Å²) in [5.41, 5.74) is 1.07. The van der Waals surface area contributed by atoms with Gasteiger partial charge in [-0.25, -0.2) is 4.98 Å². The maximum atomic E-state index is 12.0. The number of hydrogen-bond donors (Lipinski definition) is 2. The first-order valence-corrected chi connectivity index (χ1v) is 12.5. The van der Waals surface area contributed by atoms with E-state index in [-0.39, 0.29) is 17.1 Å². The van der Waals surface area contributed by atoms with Crippen molar-refractivity contribution in [1.29, 1.82) is 0 Å². The van der Waals surface area contributed by atoms with E-state index in [1.54, 1.807) is 24.6 Å². The number of morpholine rings is 1. The second-order valence-corrected chi connectivity index (χ2v) is 9.42. The number of aryl methyl sites for hydroxylation is 1. The standard InChI is InChI=1S/C22H29N3O5S2/c26-20(17-32(27)13-6-19-4-3-11-28-19)23-7-1-2-10-29-21-14-18(5-8-24-21)15-25-9-12-30-22(31)16-25/h1-5,8,11,14,22,31H,6-7,9-10,12-13,15-17H2,(H,23,26)/b2-1+. The van der Waals surface area contributed by atoms with Crippen LogP contribution in [0.3, 0.4) is 0 Å². The van der Waals surface area contributed by atoms with Gasteiger partial charge in [-0.1, -0.05) is 6.08 Å². The number of nitrogens with zero attached hydrogens (tertiary/aromatic N) is 2. The van der Waals surface area contributed by atoms with Crippen LogP contribution in [-0.4, -0.2) is 69.8 Å². The van der Waals surface area contributed by atoms with Crippen LogP contribution in [0.1, 0.15) is 11.3 Å². The number of aromatic nitrogens is 1.